The zero-order valence-electron chi connectivity index (χ0n) is 16.2. The maximum Gasteiger partial charge on any atom is 0.263 e. The van der Waals surface area contributed by atoms with E-state index in [9.17, 15) is 17.6 Å². The molecular weight excluding hydrogens is 427 g/mol. The van der Waals surface area contributed by atoms with Crippen molar-refractivity contribution >= 4 is 33.2 Å². The number of amides is 1. The van der Waals surface area contributed by atoms with Crippen LogP contribution in [0.1, 0.15) is 21.5 Å². The molecule has 2 N–H and O–H groups in total. The zero-order valence-corrected chi connectivity index (χ0v) is 17.7. The molecule has 0 spiro atoms. The van der Waals surface area contributed by atoms with Gasteiger partial charge in [0.1, 0.15) is 10.7 Å². The van der Waals surface area contributed by atoms with Crippen molar-refractivity contribution in [3.8, 4) is 0 Å². The first-order valence-corrected chi connectivity index (χ1v) is 11.0. The smallest absolute Gasteiger partial charge is 0.263 e. The Kier molecular flexibility index (Phi) is 6.74. The molecule has 5 nitrogen and oxygen atoms in total. The van der Waals surface area contributed by atoms with Gasteiger partial charge in [0.05, 0.1) is 10.7 Å². The lowest BCUT2D eigenvalue weighted by atomic mass is 10.1. The first-order chi connectivity index (χ1) is 14.3. The van der Waals surface area contributed by atoms with E-state index in [4.69, 9.17) is 11.6 Å². The predicted molar refractivity (Wildman–Crippen MR) is 116 cm³/mol. The number of sulfonamides is 1. The molecule has 0 radical (unpaired) electrons. The van der Waals surface area contributed by atoms with E-state index in [-0.39, 0.29) is 21.3 Å². The number of anilines is 1. The van der Waals surface area contributed by atoms with Crippen LogP contribution in [0.15, 0.2) is 71.6 Å². The largest absolute Gasteiger partial charge is 0.352 e. The van der Waals surface area contributed by atoms with Gasteiger partial charge in [0.25, 0.3) is 15.9 Å². The van der Waals surface area contributed by atoms with Crippen molar-refractivity contribution in [2.75, 3.05) is 11.3 Å². The number of benzene rings is 3. The first kappa shape index (κ1) is 21.8. The normalized spacial score (nSPS) is 11.2. The van der Waals surface area contributed by atoms with Gasteiger partial charge < -0.3 is 5.32 Å². The highest BCUT2D eigenvalue weighted by atomic mass is 35.5. The van der Waals surface area contributed by atoms with Gasteiger partial charge in [-0.2, -0.15) is 0 Å². The maximum atomic E-state index is 13.0. The van der Waals surface area contributed by atoms with E-state index in [0.29, 0.717) is 18.7 Å². The van der Waals surface area contributed by atoms with Gasteiger partial charge in [-0.3, -0.25) is 9.52 Å². The number of hydrogen-bond acceptors (Lipinski definition) is 3. The minimum absolute atomic E-state index is 0.0129. The molecule has 0 saturated carbocycles. The molecule has 0 aliphatic heterocycles. The molecule has 1 amide bonds. The molecule has 3 rings (SSSR count). The third kappa shape index (κ3) is 5.37. The van der Waals surface area contributed by atoms with Gasteiger partial charge in [-0.15, -0.1) is 0 Å². The number of hydrogen-bond donors (Lipinski definition) is 2. The van der Waals surface area contributed by atoms with E-state index in [2.05, 4.69) is 10.0 Å². The van der Waals surface area contributed by atoms with Gasteiger partial charge in [0, 0.05) is 12.1 Å². The maximum absolute atomic E-state index is 13.0. The molecule has 8 heteroatoms. The molecule has 0 aliphatic rings. The van der Waals surface area contributed by atoms with Gasteiger partial charge in [-0.25, -0.2) is 12.8 Å². The van der Waals surface area contributed by atoms with E-state index in [1.54, 1.807) is 43.3 Å². The van der Waals surface area contributed by atoms with Gasteiger partial charge in [0.2, 0.25) is 0 Å². The Labute approximate surface area is 179 Å². The van der Waals surface area contributed by atoms with E-state index in [0.717, 1.165) is 11.1 Å². The van der Waals surface area contributed by atoms with Crippen molar-refractivity contribution in [3.63, 3.8) is 0 Å². The summed E-state index contributed by atoms with van der Waals surface area (Å²) in [6, 6.07) is 17.0. The Balaban J connectivity index is 1.73. The summed E-state index contributed by atoms with van der Waals surface area (Å²) in [5.74, 6) is -0.752. The monoisotopic (exact) mass is 446 g/mol. The Hall–Kier alpha value is -2.90. The number of carbonyl (C=O) groups excluding carboxylic acids is 1. The summed E-state index contributed by atoms with van der Waals surface area (Å²) in [6.07, 6.45) is 0.513. The molecule has 0 heterocycles. The van der Waals surface area contributed by atoms with E-state index < -0.39 is 15.9 Å². The second-order valence-corrected chi connectivity index (χ2v) is 8.76. The van der Waals surface area contributed by atoms with Crippen LogP contribution in [0.25, 0.3) is 0 Å². The number of halogens is 2. The first-order valence-electron chi connectivity index (χ1n) is 9.17. The number of carbonyl (C=O) groups is 1. The quantitative estimate of drug-likeness (QED) is 0.558. The second-order valence-electron chi connectivity index (χ2n) is 6.70. The van der Waals surface area contributed by atoms with Crippen LogP contribution in [0, 0.1) is 12.7 Å². The minimum atomic E-state index is -3.99. The summed E-state index contributed by atoms with van der Waals surface area (Å²) < 4.78 is 41.1. The van der Waals surface area contributed by atoms with Crippen LogP contribution in [-0.2, 0) is 16.4 Å². The molecular formula is C22H20ClFN2O3S. The Bertz CT molecular complexity index is 1170. The van der Waals surface area contributed by atoms with Crippen LogP contribution in [0.4, 0.5) is 10.1 Å². The molecule has 0 bridgehead atoms. The van der Waals surface area contributed by atoms with Crippen molar-refractivity contribution < 1.29 is 17.6 Å². The Morgan fingerprint density at radius 1 is 1.03 bits per heavy atom. The number of nitrogens with one attached hydrogen (secondary N) is 2. The Morgan fingerprint density at radius 3 is 2.43 bits per heavy atom. The highest BCUT2D eigenvalue weighted by Crippen LogP contribution is 2.26. The molecule has 0 fully saturated rings. The average Bonchev–Trinajstić information content (AvgIpc) is 2.71. The molecule has 0 atom stereocenters. The molecule has 156 valence electrons. The second kappa shape index (κ2) is 9.28. The van der Waals surface area contributed by atoms with Gasteiger partial charge in [-0.1, -0.05) is 41.9 Å². The van der Waals surface area contributed by atoms with Crippen LogP contribution < -0.4 is 10.0 Å². The third-order valence-corrected chi connectivity index (χ3v) is 6.33. The molecule has 0 aliphatic carbocycles. The van der Waals surface area contributed by atoms with Crippen molar-refractivity contribution in [1.29, 1.82) is 0 Å². The SMILES string of the molecule is Cc1ccccc1NS(=O)(=O)c1cc(C(=O)NCCc2ccc(F)cc2)ccc1Cl. The van der Waals surface area contributed by atoms with Crippen molar-refractivity contribution in [2.45, 2.75) is 18.2 Å². The van der Waals surface area contributed by atoms with Crippen molar-refractivity contribution in [1.82, 2.24) is 5.32 Å². The number of aryl methyl sites for hydroxylation is 1. The summed E-state index contributed by atoms with van der Waals surface area (Å²) >= 11 is 6.11. The average molecular weight is 447 g/mol. The van der Waals surface area contributed by atoms with E-state index >= 15 is 0 Å². The standard InChI is InChI=1S/C22H20ClFN2O3S/c1-15-4-2-3-5-20(15)26-30(28,29)21-14-17(8-11-19(21)23)22(27)25-13-12-16-6-9-18(24)10-7-16/h2-11,14,26H,12-13H2,1H3,(H,25,27). The number of para-hydroxylation sites is 1. The van der Waals surface area contributed by atoms with E-state index in [1.807, 2.05) is 0 Å². The topological polar surface area (TPSA) is 75.3 Å². The molecule has 0 unspecified atom stereocenters. The van der Waals surface area contributed by atoms with Crippen molar-refractivity contribution in [3.05, 3.63) is 94.3 Å². The molecule has 0 saturated heterocycles. The van der Waals surface area contributed by atoms with Crippen LogP contribution in [0.3, 0.4) is 0 Å². The molecule has 30 heavy (non-hydrogen) atoms. The summed E-state index contributed by atoms with van der Waals surface area (Å²) in [5, 5.41) is 2.74. The lowest BCUT2D eigenvalue weighted by molar-refractivity contribution is 0.0954. The fourth-order valence-corrected chi connectivity index (χ4v) is 4.47. The van der Waals surface area contributed by atoms with E-state index in [1.165, 1.54) is 30.3 Å². The summed E-state index contributed by atoms with van der Waals surface area (Å²) in [7, 11) is -3.99. The van der Waals surface area contributed by atoms with Gasteiger partial charge in [0.15, 0.2) is 0 Å². The fourth-order valence-electron chi connectivity index (χ4n) is 2.81. The summed E-state index contributed by atoms with van der Waals surface area (Å²) in [5.41, 5.74) is 2.23. The summed E-state index contributed by atoms with van der Waals surface area (Å²) in [6.45, 7) is 2.10. The lowest BCUT2D eigenvalue weighted by Crippen LogP contribution is -2.26. The zero-order chi connectivity index (χ0) is 21.7. The number of rotatable bonds is 7. The van der Waals surface area contributed by atoms with Crippen LogP contribution in [0.2, 0.25) is 5.02 Å². The van der Waals surface area contributed by atoms with Gasteiger partial charge >= 0.3 is 0 Å². The minimum Gasteiger partial charge on any atom is -0.352 e. The van der Waals surface area contributed by atoms with Crippen LogP contribution in [0.5, 0.6) is 0 Å². The molecule has 3 aromatic rings. The highest BCUT2D eigenvalue weighted by molar-refractivity contribution is 7.92. The molecule has 3 aromatic carbocycles. The van der Waals surface area contributed by atoms with Gasteiger partial charge in [-0.05, 0) is 60.9 Å². The lowest BCUT2D eigenvalue weighted by Gasteiger charge is -2.13. The van der Waals surface area contributed by atoms with Crippen molar-refractivity contribution in [2.24, 2.45) is 0 Å². The van der Waals surface area contributed by atoms with Crippen LogP contribution in [-0.4, -0.2) is 20.9 Å². The third-order valence-electron chi connectivity index (χ3n) is 4.48. The molecule has 0 aromatic heterocycles. The fraction of sp³-hybridized carbons (Fsp3) is 0.136. The van der Waals surface area contributed by atoms with Crippen LogP contribution >= 0.6 is 11.6 Å². The Morgan fingerprint density at radius 2 is 1.73 bits per heavy atom. The predicted octanol–water partition coefficient (Wildman–Crippen LogP) is 4.56. The summed E-state index contributed by atoms with van der Waals surface area (Å²) in [4.78, 5) is 12.3. The highest BCUT2D eigenvalue weighted by Gasteiger charge is 2.21.